The van der Waals surface area contributed by atoms with E-state index in [1.807, 2.05) is 19.0 Å². The molecule has 6 heterocycles. The standard InChI is InChI=1S/C52H48F8N10O2S2/c1-6-69-25-37(49(64-69)51(55,56)57)46-32(11-8-12-39(46)53)35-23-67(27-41-34(35)19-31(20-61)73-41)43(71)13-9-17-63-22-30-15-16-33(47(48(30)54)38-26-70(7-2)65-50(38)52(58,59)60)36-24-68(44(72)14-10-18-66(4)5)28-42-45(36)29(3)40(21-62)74-42/h8-16,19,25-26,35-36,63H,6-7,17-18,22-24,27-28H2,1-5H3/b13-9+,14-10+/t35-,36-/m0/s1. The van der Waals surface area contributed by atoms with Gasteiger partial charge in [0.1, 0.15) is 33.5 Å². The molecule has 12 nitrogen and oxygen atoms in total. The number of nitriles is 2. The molecule has 2 aliphatic heterocycles. The van der Waals surface area contributed by atoms with Gasteiger partial charge in [-0.15, -0.1) is 22.7 Å². The Hall–Kier alpha value is -6.98. The van der Waals surface area contributed by atoms with Gasteiger partial charge < -0.3 is 20.0 Å². The first-order valence-corrected chi connectivity index (χ1v) is 25.0. The fraction of sp³-hybridized carbons (Fsp3) is 0.346. The molecule has 4 aromatic heterocycles. The number of likely N-dealkylation sites (N-methyl/N-ethyl adjacent to an activating group) is 1. The number of carbonyl (C=O) groups is 2. The van der Waals surface area contributed by atoms with E-state index < -0.39 is 64.2 Å². The predicted molar refractivity (Wildman–Crippen MR) is 262 cm³/mol. The van der Waals surface area contributed by atoms with Crippen molar-refractivity contribution in [1.82, 2.24) is 39.6 Å². The van der Waals surface area contributed by atoms with Crippen molar-refractivity contribution < 1.29 is 44.7 Å². The molecule has 0 spiro atoms. The van der Waals surface area contributed by atoms with E-state index in [1.165, 1.54) is 57.6 Å². The molecule has 0 saturated heterocycles. The van der Waals surface area contributed by atoms with E-state index in [0.29, 0.717) is 37.9 Å². The van der Waals surface area contributed by atoms with Crippen LogP contribution in [0.1, 0.15) is 90.0 Å². The third-order valence-corrected chi connectivity index (χ3v) is 15.3. The number of thiophene rings is 2. The summed E-state index contributed by atoms with van der Waals surface area (Å²) in [5.41, 5.74) is -2.11. The van der Waals surface area contributed by atoms with Crippen LogP contribution >= 0.6 is 22.7 Å². The third kappa shape index (κ3) is 10.7. The Balaban J connectivity index is 1.08. The smallest absolute Gasteiger partial charge is 0.333 e. The van der Waals surface area contributed by atoms with Gasteiger partial charge in [-0.1, -0.05) is 36.4 Å². The summed E-state index contributed by atoms with van der Waals surface area (Å²) in [4.78, 5) is 34.2. The molecule has 0 fully saturated rings. The van der Waals surface area contributed by atoms with Crippen LogP contribution in [-0.2, 0) is 54.7 Å². The molecule has 2 aromatic carbocycles. The summed E-state index contributed by atoms with van der Waals surface area (Å²) in [6.07, 6.45) is -1.82. The van der Waals surface area contributed by atoms with Crippen LogP contribution in [0.15, 0.2) is 73.1 Å². The highest BCUT2D eigenvalue weighted by Crippen LogP contribution is 2.48. The van der Waals surface area contributed by atoms with E-state index in [-0.39, 0.29) is 91.0 Å². The number of amides is 2. The van der Waals surface area contributed by atoms with E-state index >= 15 is 8.78 Å². The SMILES string of the molecule is CCn1cc(-c2c(F)cccc2[C@@H]2CN(C(=O)/C=C/CNCc3ccc([C@@H]4CN(C(=O)/C=C/CN(C)C)Cc5sc(C#N)c(C)c54)c(-c4cn(CC)nc4C(F)(F)F)c3F)Cc3sc(C#N)cc32)c(C(F)(F)F)n1. The molecule has 1 N–H and O–H groups in total. The van der Waals surface area contributed by atoms with Gasteiger partial charge in [0, 0.05) is 120 Å². The van der Waals surface area contributed by atoms with E-state index in [4.69, 9.17) is 0 Å². The van der Waals surface area contributed by atoms with Gasteiger partial charge in [-0.3, -0.25) is 19.0 Å². The summed E-state index contributed by atoms with van der Waals surface area (Å²) < 4.78 is 123. The quantitative estimate of drug-likeness (QED) is 0.0646. The van der Waals surface area contributed by atoms with Crippen molar-refractivity contribution >= 4 is 34.5 Å². The summed E-state index contributed by atoms with van der Waals surface area (Å²) in [6.45, 7) is 5.34. The number of hydrogen-bond acceptors (Lipinski definition) is 10. The van der Waals surface area contributed by atoms with Gasteiger partial charge in [0.05, 0.1) is 13.1 Å². The highest BCUT2D eigenvalue weighted by molar-refractivity contribution is 7.13. The number of aromatic nitrogens is 4. The van der Waals surface area contributed by atoms with Crippen LogP contribution in [0.4, 0.5) is 35.1 Å². The molecule has 0 unspecified atom stereocenters. The van der Waals surface area contributed by atoms with Crippen molar-refractivity contribution in [1.29, 1.82) is 10.5 Å². The first kappa shape index (κ1) is 53.3. The largest absolute Gasteiger partial charge is 0.435 e. The minimum atomic E-state index is -4.99. The van der Waals surface area contributed by atoms with Gasteiger partial charge in [0.15, 0.2) is 11.4 Å². The van der Waals surface area contributed by atoms with Crippen molar-refractivity contribution in [2.75, 3.05) is 40.3 Å². The minimum absolute atomic E-state index is 0.0161. The normalized spacial score (nSPS) is 16.1. The van der Waals surface area contributed by atoms with Gasteiger partial charge in [0.2, 0.25) is 11.8 Å². The summed E-state index contributed by atoms with van der Waals surface area (Å²) in [5.74, 6) is -4.47. The second kappa shape index (κ2) is 21.5. The Morgan fingerprint density at radius 3 is 1.99 bits per heavy atom. The zero-order valence-electron chi connectivity index (χ0n) is 40.6. The van der Waals surface area contributed by atoms with Crippen LogP contribution in [0.2, 0.25) is 0 Å². The number of alkyl halides is 6. The van der Waals surface area contributed by atoms with E-state index in [0.717, 1.165) is 39.2 Å². The molecule has 2 amide bonds. The number of rotatable bonds is 14. The van der Waals surface area contributed by atoms with Gasteiger partial charge in [-0.25, -0.2) is 8.78 Å². The lowest BCUT2D eigenvalue weighted by atomic mass is 9.81. The van der Waals surface area contributed by atoms with Crippen molar-refractivity contribution in [2.24, 2.45) is 0 Å². The average molecular weight is 1060 g/mol. The second-order valence-electron chi connectivity index (χ2n) is 18.0. The molecule has 0 saturated carbocycles. The molecule has 386 valence electrons. The second-order valence-corrected chi connectivity index (χ2v) is 20.3. The number of aryl methyl sites for hydroxylation is 2. The van der Waals surface area contributed by atoms with E-state index in [1.54, 1.807) is 39.0 Å². The van der Waals surface area contributed by atoms with Crippen LogP contribution in [0.3, 0.4) is 0 Å². The Kier molecular flexibility index (Phi) is 15.5. The van der Waals surface area contributed by atoms with Crippen LogP contribution in [0.25, 0.3) is 22.3 Å². The molecule has 0 bridgehead atoms. The van der Waals surface area contributed by atoms with Crippen LogP contribution in [0, 0.1) is 41.2 Å². The van der Waals surface area contributed by atoms with E-state index in [2.05, 4.69) is 27.7 Å². The predicted octanol–water partition coefficient (Wildman–Crippen LogP) is 10.4. The molecule has 74 heavy (non-hydrogen) atoms. The molecular formula is C52H48F8N10O2S2. The fourth-order valence-corrected chi connectivity index (χ4v) is 11.8. The van der Waals surface area contributed by atoms with Crippen molar-refractivity contribution in [3.05, 3.63) is 149 Å². The third-order valence-electron chi connectivity index (χ3n) is 13.0. The number of nitrogens with one attached hydrogen (secondary N) is 1. The molecule has 8 rings (SSSR count). The van der Waals surface area contributed by atoms with Crippen LogP contribution < -0.4 is 5.32 Å². The fourth-order valence-electron chi connectivity index (χ4n) is 9.57. The summed E-state index contributed by atoms with van der Waals surface area (Å²) in [6, 6.07) is 12.8. The number of carbonyl (C=O) groups excluding carboxylic acids is 2. The maximum Gasteiger partial charge on any atom is 0.435 e. The number of halogens is 8. The maximum absolute atomic E-state index is 17.4. The first-order valence-electron chi connectivity index (χ1n) is 23.4. The van der Waals surface area contributed by atoms with Gasteiger partial charge in [0.25, 0.3) is 0 Å². The Morgan fingerprint density at radius 2 is 1.39 bits per heavy atom. The molecule has 22 heteroatoms. The monoisotopic (exact) mass is 1060 g/mol. The zero-order chi connectivity index (χ0) is 53.4. The molecule has 0 aliphatic carbocycles. The lowest BCUT2D eigenvalue weighted by molar-refractivity contribution is -0.141. The Morgan fingerprint density at radius 1 is 0.797 bits per heavy atom. The van der Waals surface area contributed by atoms with Crippen LogP contribution in [-0.4, -0.2) is 86.3 Å². The number of benzene rings is 2. The summed E-state index contributed by atoms with van der Waals surface area (Å²) in [5, 5.41) is 30.3. The van der Waals surface area contributed by atoms with Gasteiger partial charge >= 0.3 is 12.4 Å². The van der Waals surface area contributed by atoms with E-state index in [9.17, 15) is 46.5 Å². The van der Waals surface area contributed by atoms with Crippen molar-refractivity contribution in [3.63, 3.8) is 0 Å². The topological polar surface area (TPSA) is 139 Å². The lowest BCUT2D eigenvalue weighted by Gasteiger charge is -2.34. The summed E-state index contributed by atoms with van der Waals surface area (Å²) >= 11 is 2.29. The average Bonchev–Trinajstić information content (AvgIpc) is 4.17. The van der Waals surface area contributed by atoms with Gasteiger partial charge in [-0.2, -0.15) is 47.1 Å². The number of nitrogens with zero attached hydrogens (tertiary/aromatic N) is 9. The summed E-state index contributed by atoms with van der Waals surface area (Å²) in [7, 11) is 3.67. The highest BCUT2D eigenvalue weighted by atomic mass is 32.1. The molecule has 0 radical (unpaired) electrons. The number of fused-ring (bicyclic) bond motifs is 2. The molecular weight excluding hydrogens is 1010 g/mol. The number of hydrogen-bond donors (Lipinski definition) is 1. The van der Waals surface area contributed by atoms with Crippen molar-refractivity contribution in [3.8, 4) is 34.4 Å². The molecule has 2 aliphatic rings. The van der Waals surface area contributed by atoms with Crippen LogP contribution in [0.5, 0.6) is 0 Å². The molecule has 2 atom stereocenters. The van der Waals surface area contributed by atoms with Crippen molar-refractivity contribution in [2.45, 2.75) is 77.7 Å². The first-order chi connectivity index (χ1) is 35.2. The highest BCUT2D eigenvalue weighted by Gasteiger charge is 2.43. The maximum atomic E-state index is 17.4. The van der Waals surface area contributed by atoms with Gasteiger partial charge in [-0.05, 0) is 74.8 Å². The Labute approximate surface area is 429 Å². The molecule has 6 aromatic rings. The zero-order valence-corrected chi connectivity index (χ0v) is 42.3. The lowest BCUT2D eigenvalue weighted by Crippen LogP contribution is -2.37. The Bertz CT molecular complexity index is 3280. The minimum Gasteiger partial charge on any atom is -0.333 e.